The summed E-state index contributed by atoms with van der Waals surface area (Å²) in [5.41, 5.74) is -0.172. The van der Waals surface area contributed by atoms with E-state index in [9.17, 15) is 24.3 Å². The lowest BCUT2D eigenvalue weighted by Gasteiger charge is -2.56. The zero-order valence-electron chi connectivity index (χ0n) is 31.4. The molecule has 0 saturated carbocycles. The van der Waals surface area contributed by atoms with Gasteiger partial charge >= 0.3 is 23.9 Å². The molecule has 5 rings (SSSR count). The molecule has 55 heavy (non-hydrogen) atoms. The zero-order chi connectivity index (χ0) is 39.5. The van der Waals surface area contributed by atoms with Crippen LogP contribution in [0.5, 0.6) is 0 Å². The van der Waals surface area contributed by atoms with E-state index in [-0.39, 0.29) is 19.8 Å². The Bertz CT molecular complexity index is 1710. The number of esters is 4. The van der Waals surface area contributed by atoms with Gasteiger partial charge in [0.2, 0.25) is 6.29 Å². The molecule has 0 bridgehead atoms. The molecule has 2 aliphatic rings. The standard InChI is InChI=1S/C41H48O14/c1-25-34(48-21-30-15-9-6-10-16-30)36(49-22-31-17-11-7-12-18-31)37(50-23-32-19-13-8-14-20-32)39(51-25)41(46)38(53-28(4)44)35(52-27(3)43)33(24-47-26(2)42)55-40(41)54-29(5)45/h6-20,25,33-40,46H,21-24H2,1-5H3/t25-,33+,34+,35-,36+,37-,38-,39+,40-,41-/m0/s1. The Morgan fingerprint density at radius 1 is 0.582 bits per heavy atom. The molecule has 0 radical (unpaired) electrons. The van der Waals surface area contributed by atoms with Gasteiger partial charge in [0.15, 0.2) is 17.8 Å². The summed E-state index contributed by atoms with van der Waals surface area (Å²) < 4.78 is 54.9. The van der Waals surface area contributed by atoms with Crippen LogP contribution in [0.3, 0.4) is 0 Å². The minimum Gasteiger partial charge on any atom is -0.463 e. The summed E-state index contributed by atoms with van der Waals surface area (Å²) in [7, 11) is 0. The van der Waals surface area contributed by atoms with Gasteiger partial charge < -0.3 is 47.7 Å². The lowest BCUT2D eigenvalue weighted by Crippen LogP contribution is -2.78. The van der Waals surface area contributed by atoms with E-state index in [0.29, 0.717) is 0 Å². The first-order valence-electron chi connectivity index (χ1n) is 18.0. The van der Waals surface area contributed by atoms with Gasteiger partial charge in [-0.15, -0.1) is 0 Å². The van der Waals surface area contributed by atoms with Crippen LogP contribution in [0.25, 0.3) is 0 Å². The molecule has 0 aromatic heterocycles. The van der Waals surface area contributed by atoms with Crippen molar-refractivity contribution in [3.05, 3.63) is 108 Å². The van der Waals surface area contributed by atoms with Crippen LogP contribution in [0.4, 0.5) is 0 Å². The number of hydrogen-bond acceptors (Lipinski definition) is 14. The van der Waals surface area contributed by atoms with Crippen molar-refractivity contribution in [2.75, 3.05) is 6.61 Å². The first kappa shape index (κ1) is 41.5. The van der Waals surface area contributed by atoms with Gasteiger partial charge in [0.25, 0.3) is 0 Å². The van der Waals surface area contributed by atoms with Crippen LogP contribution in [-0.2, 0) is 81.6 Å². The molecule has 0 spiro atoms. The molecule has 3 aromatic rings. The normalized spacial score (nSPS) is 29.1. The van der Waals surface area contributed by atoms with E-state index < -0.39 is 91.2 Å². The van der Waals surface area contributed by atoms with Crippen LogP contribution in [0.2, 0.25) is 0 Å². The zero-order valence-corrected chi connectivity index (χ0v) is 31.4. The first-order valence-corrected chi connectivity index (χ1v) is 18.0. The lowest BCUT2D eigenvalue weighted by molar-refractivity contribution is -0.383. The summed E-state index contributed by atoms with van der Waals surface area (Å²) in [5, 5.41) is 13.2. The first-order chi connectivity index (χ1) is 26.4. The second kappa shape index (κ2) is 19.2. The summed E-state index contributed by atoms with van der Waals surface area (Å²) in [4.78, 5) is 50.0. The fraction of sp³-hybridized carbons (Fsp3) is 0.463. The molecule has 0 unspecified atom stereocenters. The highest BCUT2D eigenvalue weighted by Gasteiger charge is 2.69. The van der Waals surface area contributed by atoms with Crippen molar-refractivity contribution in [1.82, 2.24) is 0 Å². The molecule has 0 aliphatic carbocycles. The number of aliphatic hydroxyl groups is 1. The Morgan fingerprint density at radius 2 is 1.04 bits per heavy atom. The molecule has 1 N–H and O–H groups in total. The number of hydrogen-bond donors (Lipinski definition) is 1. The second-order valence-electron chi connectivity index (χ2n) is 13.5. The number of rotatable bonds is 15. The predicted molar refractivity (Wildman–Crippen MR) is 193 cm³/mol. The third kappa shape index (κ3) is 10.7. The van der Waals surface area contributed by atoms with Crippen LogP contribution < -0.4 is 0 Å². The van der Waals surface area contributed by atoms with Crippen LogP contribution >= 0.6 is 0 Å². The Labute approximate surface area is 319 Å². The van der Waals surface area contributed by atoms with Crippen molar-refractivity contribution >= 4 is 23.9 Å². The minimum absolute atomic E-state index is 0.00774. The van der Waals surface area contributed by atoms with E-state index in [0.717, 1.165) is 44.4 Å². The topological polar surface area (TPSA) is 172 Å². The van der Waals surface area contributed by atoms with Crippen LogP contribution in [0.1, 0.15) is 51.3 Å². The highest BCUT2D eigenvalue weighted by molar-refractivity contribution is 5.68. The van der Waals surface area contributed by atoms with Crippen molar-refractivity contribution in [2.24, 2.45) is 0 Å². The van der Waals surface area contributed by atoms with Crippen molar-refractivity contribution < 1.29 is 66.9 Å². The van der Waals surface area contributed by atoms with Crippen molar-refractivity contribution in [2.45, 2.75) is 115 Å². The Kier molecular flexibility index (Phi) is 14.5. The fourth-order valence-corrected chi connectivity index (χ4v) is 6.80. The van der Waals surface area contributed by atoms with Crippen LogP contribution in [0.15, 0.2) is 91.0 Å². The van der Waals surface area contributed by atoms with Crippen LogP contribution in [-0.4, -0.2) is 96.3 Å². The third-order valence-corrected chi connectivity index (χ3v) is 9.20. The monoisotopic (exact) mass is 764 g/mol. The Balaban J connectivity index is 1.65. The Hall–Kier alpha value is -4.70. The van der Waals surface area contributed by atoms with Gasteiger partial charge in [-0.05, 0) is 23.6 Å². The second-order valence-corrected chi connectivity index (χ2v) is 13.5. The largest absolute Gasteiger partial charge is 0.463 e. The summed E-state index contributed by atoms with van der Waals surface area (Å²) in [6.07, 6.45) is -12.2. The number of ether oxygens (including phenoxy) is 9. The van der Waals surface area contributed by atoms with Gasteiger partial charge in [0, 0.05) is 27.7 Å². The third-order valence-electron chi connectivity index (χ3n) is 9.20. The summed E-state index contributed by atoms with van der Waals surface area (Å²) in [6.45, 7) is 5.91. The van der Waals surface area contributed by atoms with E-state index >= 15 is 0 Å². The molecule has 10 atom stereocenters. The summed E-state index contributed by atoms with van der Waals surface area (Å²) >= 11 is 0. The molecule has 2 fully saturated rings. The maximum Gasteiger partial charge on any atom is 0.305 e. The van der Waals surface area contributed by atoms with Crippen molar-refractivity contribution in [1.29, 1.82) is 0 Å². The molecule has 3 aromatic carbocycles. The van der Waals surface area contributed by atoms with Crippen LogP contribution in [0, 0.1) is 0 Å². The highest BCUT2D eigenvalue weighted by atomic mass is 16.7. The number of carbonyl (C=O) groups is 4. The smallest absolute Gasteiger partial charge is 0.305 e. The summed E-state index contributed by atoms with van der Waals surface area (Å²) in [5.74, 6) is -3.30. The van der Waals surface area contributed by atoms with Gasteiger partial charge in [-0.25, -0.2) is 0 Å². The minimum atomic E-state index is -2.65. The molecule has 2 heterocycles. The fourth-order valence-electron chi connectivity index (χ4n) is 6.80. The van der Waals surface area contributed by atoms with E-state index in [1.807, 2.05) is 91.0 Å². The molecule has 296 valence electrons. The van der Waals surface area contributed by atoms with Gasteiger partial charge in [0.1, 0.15) is 37.1 Å². The average Bonchev–Trinajstić information content (AvgIpc) is 3.15. The van der Waals surface area contributed by atoms with Crippen molar-refractivity contribution in [3.8, 4) is 0 Å². The van der Waals surface area contributed by atoms with Gasteiger partial charge in [-0.3, -0.25) is 19.2 Å². The molecular formula is C41H48O14. The molecule has 2 aliphatic heterocycles. The van der Waals surface area contributed by atoms with Gasteiger partial charge in [-0.1, -0.05) is 91.0 Å². The molecule has 2 saturated heterocycles. The number of benzene rings is 3. The summed E-state index contributed by atoms with van der Waals surface area (Å²) in [6, 6.07) is 28.1. The quantitative estimate of drug-likeness (QED) is 0.174. The van der Waals surface area contributed by atoms with E-state index in [4.69, 9.17) is 42.6 Å². The molecule has 14 heteroatoms. The molecular weight excluding hydrogens is 716 g/mol. The predicted octanol–water partition coefficient (Wildman–Crippen LogP) is 3.98. The van der Waals surface area contributed by atoms with E-state index in [2.05, 4.69) is 0 Å². The molecule has 0 amide bonds. The van der Waals surface area contributed by atoms with E-state index in [1.165, 1.54) is 0 Å². The SMILES string of the molecule is CC(=O)OC[C@H]1O[C@H](OC(C)=O)[C@@](O)([C@@H]2O[C@@H](C)[C@@H](OCc3ccccc3)[C@@H](OCc3ccccc3)[C@@H]2OCc2ccccc2)[C@@H](OC(C)=O)[C@H]1OC(C)=O. The maximum atomic E-state index is 13.2. The lowest BCUT2D eigenvalue weighted by atomic mass is 9.76. The molecule has 14 nitrogen and oxygen atoms in total. The highest BCUT2D eigenvalue weighted by Crippen LogP contribution is 2.44. The van der Waals surface area contributed by atoms with Gasteiger partial charge in [-0.2, -0.15) is 0 Å². The van der Waals surface area contributed by atoms with E-state index in [1.54, 1.807) is 6.92 Å². The number of carbonyl (C=O) groups excluding carboxylic acids is 4. The average molecular weight is 765 g/mol. The van der Waals surface area contributed by atoms with Gasteiger partial charge in [0.05, 0.1) is 25.9 Å². The Morgan fingerprint density at radius 3 is 1.49 bits per heavy atom. The maximum absolute atomic E-state index is 13.2. The van der Waals surface area contributed by atoms with Crippen molar-refractivity contribution in [3.63, 3.8) is 0 Å².